The Labute approximate surface area is 265 Å². The zero-order valence-electron chi connectivity index (χ0n) is 24.9. The third-order valence-corrected chi connectivity index (χ3v) is 9.55. The molecule has 0 amide bonds. The summed E-state index contributed by atoms with van der Waals surface area (Å²) in [4.78, 5) is 5.19. The summed E-state index contributed by atoms with van der Waals surface area (Å²) in [5.74, 6) is 0.947. The Kier molecular flexibility index (Phi) is 5.28. The van der Waals surface area contributed by atoms with Crippen molar-refractivity contribution in [1.29, 1.82) is 0 Å². The minimum absolute atomic E-state index is 0.947. The lowest BCUT2D eigenvalue weighted by atomic mass is 9.99. The third kappa shape index (κ3) is 3.45. The van der Waals surface area contributed by atoms with Gasteiger partial charge in [0.1, 0.15) is 5.82 Å². The topological polar surface area (TPSA) is 22.8 Å². The molecule has 214 valence electrons. The first kappa shape index (κ1) is 25.2. The van der Waals surface area contributed by atoms with Crippen LogP contribution >= 0.6 is 0 Å². The molecule has 0 atom stereocenters. The number of aromatic nitrogens is 3. The predicted octanol–water partition coefficient (Wildman–Crippen LogP) is 11.2. The Balaban J connectivity index is 1.32. The molecule has 10 aromatic rings. The molecule has 7 aromatic carbocycles. The van der Waals surface area contributed by atoms with Crippen molar-refractivity contribution in [3.63, 3.8) is 0 Å². The predicted molar refractivity (Wildman–Crippen MR) is 193 cm³/mol. The number of rotatable bonds is 3. The molecule has 10 rings (SSSR count). The molecule has 0 saturated carbocycles. The van der Waals surface area contributed by atoms with Gasteiger partial charge in [0.05, 0.1) is 22.1 Å². The van der Waals surface area contributed by atoms with Crippen molar-refractivity contribution < 1.29 is 0 Å². The molecule has 0 aliphatic heterocycles. The van der Waals surface area contributed by atoms with Crippen molar-refractivity contribution in [3.05, 3.63) is 164 Å². The number of hydrogen-bond acceptors (Lipinski definition) is 1. The molecule has 0 unspecified atom stereocenters. The zero-order valence-corrected chi connectivity index (χ0v) is 24.9. The maximum Gasteiger partial charge on any atom is 0.145 e. The summed E-state index contributed by atoms with van der Waals surface area (Å²) in [5, 5.41) is 9.87. The summed E-state index contributed by atoms with van der Waals surface area (Å²) < 4.78 is 4.75. The van der Waals surface area contributed by atoms with Crippen molar-refractivity contribution in [2.24, 2.45) is 0 Å². The Morgan fingerprint density at radius 3 is 1.50 bits per heavy atom. The summed E-state index contributed by atoms with van der Waals surface area (Å²) in [5.41, 5.74) is 8.22. The van der Waals surface area contributed by atoms with Crippen molar-refractivity contribution in [1.82, 2.24) is 14.1 Å². The summed E-state index contributed by atoms with van der Waals surface area (Å²) in [6.07, 6.45) is 2.04. The highest BCUT2D eigenvalue weighted by Crippen LogP contribution is 2.43. The van der Waals surface area contributed by atoms with Gasteiger partial charge in [-0.1, -0.05) is 121 Å². The molecule has 0 fully saturated rings. The van der Waals surface area contributed by atoms with E-state index < -0.39 is 0 Å². The first-order valence-corrected chi connectivity index (χ1v) is 15.7. The summed E-state index contributed by atoms with van der Waals surface area (Å²) in [7, 11) is 0. The van der Waals surface area contributed by atoms with Crippen LogP contribution in [-0.2, 0) is 0 Å². The van der Waals surface area contributed by atoms with E-state index in [9.17, 15) is 0 Å². The molecule has 0 spiro atoms. The quantitative estimate of drug-likeness (QED) is 0.202. The Hall–Kier alpha value is -6.19. The van der Waals surface area contributed by atoms with Gasteiger partial charge in [0.2, 0.25) is 0 Å². The highest BCUT2D eigenvalue weighted by atomic mass is 15.1. The molecule has 3 heteroatoms. The molecule has 0 N–H and O–H groups in total. The average molecular weight is 586 g/mol. The van der Waals surface area contributed by atoms with Crippen LogP contribution in [-0.4, -0.2) is 14.1 Å². The number of hydrogen-bond donors (Lipinski definition) is 0. The van der Waals surface area contributed by atoms with E-state index in [1.54, 1.807) is 0 Å². The Morgan fingerprint density at radius 2 is 0.848 bits per heavy atom. The van der Waals surface area contributed by atoms with Crippen LogP contribution in [0, 0.1) is 0 Å². The maximum absolute atomic E-state index is 5.19. The highest BCUT2D eigenvalue weighted by Gasteiger charge is 2.21. The molecular weight excluding hydrogens is 558 g/mol. The van der Waals surface area contributed by atoms with Crippen LogP contribution < -0.4 is 0 Å². The van der Waals surface area contributed by atoms with Crippen LogP contribution in [0.15, 0.2) is 164 Å². The van der Waals surface area contributed by atoms with Gasteiger partial charge in [-0.05, 0) is 58.1 Å². The first-order valence-electron chi connectivity index (χ1n) is 15.7. The summed E-state index contributed by atoms with van der Waals surface area (Å²) >= 11 is 0. The molecule has 0 radical (unpaired) electrons. The Bertz CT molecular complexity index is 2790. The van der Waals surface area contributed by atoms with Crippen LogP contribution in [0.2, 0.25) is 0 Å². The highest BCUT2D eigenvalue weighted by molar-refractivity contribution is 6.29. The van der Waals surface area contributed by atoms with Crippen LogP contribution in [0.3, 0.4) is 0 Å². The largest absolute Gasteiger partial charge is 0.309 e. The van der Waals surface area contributed by atoms with E-state index >= 15 is 0 Å². The van der Waals surface area contributed by atoms with Gasteiger partial charge in [-0.2, -0.15) is 0 Å². The number of nitrogens with zero attached hydrogens (tertiary/aromatic N) is 3. The molecule has 0 bridgehead atoms. The van der Waals surface area contributed by atoms with Gasteiger partial charge in [-0.15, -0.1) is 0 Å². The zero-order chi connectivity index (χ0) is 30.2. The fraction of sp³-hybridized carbons (Fsp3) is 0. The van der Waals surface area contributed by atoms with Crippen LogP contribution in [0.25, 0.3) is 87.8 Å². The van der Waals surface area contributed by atoms with Crippen LogP contribution in [0.4, 0.5) is 0 Å². The van der Waals surface area contributed by atoms with E-state index in [0.29, 0.717) is 0 Å². The van der Waals surface area contributed by atoms with E-state index in [-0.39, 0.29) is 0 Å². The van der Waals surface area contributed by atoms with Gasteiger partial charge in [-0.25, -0.2) is 4.98 Å². The molecule has 3 nitrogen and oxygen atoms in total. The molecule has 3 heterocycles. The Morgan fingerprint density at radius 1 is 0.348 bits per heavy atom. The van der Waals surface area contributed by atoms with Gasteiger partial charge in [0.25, 0.3) is 0 Å². The summed E-state index contributed by atoms with van der Waals surface area (Å²) in [6.45, 7) is 0. The molecule has 0 aliphatic carbocycles. The molecular formula is C43H27N3. The molecule has 0 saturated heterocycles. The molecule has 46 heavy (non-hydrogen) atoms. The fourth-order valence-corrected chi connectivity index (χ4v) is 7.63. The van der Waals surface area contributed by atoms with Crippen LogP contribution in [0.5, 0.6) is 0 Å². The number of fused-ring (bicyclic) bond motifs is 10. The second-order valence-corrected chi connectivity index (χ2v) is 12.0. The van der Waals surface area contributed by atoms with Crippen molar-refractivity contribution in [2.75, 3.05) is 0 Å². The van der Waals surface area contributed by atoms with Crippen molar-refractivity contribution in [2.45, 2.75) is 0 Å². The SMILES string of the molecule is c1ccc(-c2cnc(-n3c4ccccc4c4c5ccc6c(c5ccc43)c3ccccc3n6-c3ccccc3)c3ccccc23)cc1. The van der Waals surface area contributed by atoms with Gasteiger partial charge in [0, 0.05) is 44.4 Å². The van der Waals surface area contributed by atoms with E-state index in [1.165, 1.54) is 60.0 Å². The van der Waals surface area contributed by atoms with Gasteiger partial charge in [0.15, 0.2) is 0 Å². The maximum atomic E-state index is 5.19. The van der Waals surface area contributed by atoms with Crippen molar-refractivity contribution in [3.8, 4) is 22.6 Å². The van der Waals surface area contributed by atoms with Gasteiger partial charge < -0.3 is 4.57 Å². The molecule has 3 aromatic heterocycles. The van der Waals surface area contributed by atoms with E-state index in [2.05, 4.69) is 167 Å². The number of benzene rings is 7. The van der Waals surface area contributed by atoms with E-state index in [0.717, 1.165) is 27.8 Å². The minimum Gasteiger partial charge on any atom is -0.309 e. The minimum atomic E-state index is 0.947. The van der Waals surface area contributed by atoms with Gasteiger partial charge in [-0.3, -0.25) is 4.57 Å². The lowest BCUT2D eigenvalue weighted by molar-refractivity contribution is 1.10. The lowest BCUT2D eigenvalue weighted by Gasteiger charge is -2.14. The second kappa shape index (κ2) is 9.65. The monoisotopic (exact) mass is 585 g/mol. The third-order valence-electron chi connectivity index (χ3n) is 9.55. The summed E-state index contributed by atoms with van der Waals surface area (Å²) in [6, 6.07) is 56.6. The van der Waals surface area contributed by atoms with Crippen LogP contribution in [0.1, 0.15) is 0 Å². The van der Waals surface area contributed by atoms with E-state index in [4.69, 9.17) is 4.98 Å². The normalized spacial score (nSPS) is 11.9. The lowest BCUT2D eigenvalue weighted by Crippen LogP contribution is -1.99. The fourth-order valence-electron chi connectivity index (χ4n) is 7.63. The number of pyridine rings is 1. The van der Waals surface area contributed by atoms with Crippen molar-refractivity contribution >= 4 is 65.2 Å². The average Bonchev–Trinajstić information content (AvgIpc) is 3.65. The smallest absolute Gasteiger partial charge is 0.145 e. The van der Waals surface area contributed by atoms with E-state index in [1.807, 2.05) is 6.20 Å². The first-order chi connectivity index (χ1) is 22.9. The molecule has 0 aliphatic rings. The number of para-hydroxylation sites is 3. The standard InChI is InChI=1S/C43H27N3/c1-3-13-28(14-4-1)36-27-44-43(33-18-8-7-17-30(33)36)46-38-22-12-10-20-35(38)42-32-23-25-39-41(31(32)24-26-40(42)46)34-19-9-11-21-37(34)45(39)29-15-5-2-6-16-29/h1-27H. The van der Waals surface area contributed by atoms with Gasteiger partial charge >= 0.3 is 0 Å². The second-order valence-electron chi connectivity index (χ2n) is 12.0.